The summed E-state index contributed by atoms with van der Waals surface area (Å²) < 4.78 is 0. The van der Waals surface area contributed by atoms with Crippen LogP contribution in [-0.4, -0.2) is 48.1 Å². The van der Waals surface area contributed by atoms with E-state index in [1.165, 1.54) is 6.08 Å². The molecule has 0 spiro atoms. The van der Waals surface area contributed by atoms with Gasteiger partial charge in [-0.2, -0.15) is 0 Å². The highest BCUT2D eigenvalue weighted by Gasteiger charge is 2.26. The number of nitrogens with one attached hydrogen (secondary N) is 1. The van der Waals surface area contributed by atoms with Crippen molar-refractivity contribution in [3.8, 4) is 0 Å². The number of hydroxylamine groups is 1. The molecule has 6 nitrogen and oxygen atoms in total. The molecule has 0 radical (unpaired) electrons. The number of nitrogens with zero attached hydrogens (tertiary/aromatic N) is 2. The summed E-state index contributed by atoms with van der Waals surface area (Å²) in [6, 6.07) is 15.1. The van der Waals surface area contributed by atoms with E-state index in [4.69, 9.17) is 16.8 Å². The highest BCUT2D eigenvalue weighted by atomic mass is 35.5. The van der Waals surface area contributed by atoms with Gasteiger partial charge in [-0.25, -0.2) is 5.48 Å². The first kappa shape index (κ1) is 20.9. The smallest absolute Gasteiger partial charge is 0.267 e. The molecule has 152 valence electrons. The molecule has 0 saturated carbocycles. The van der Waals surface area contributed by atoms with Crippen LogP contribution in [0.1, 0.15) is 24.0 Å². The van der Waals surface area contributed by atoms with E-state index < -0.39 is 5.91 Å². The molecule has 0 bridgehead atoms. The quantitative estimate of drug-likeness (QED) is 0.448. The van der Waals surface area contributed by atoms with Gasteiger partial charge in [0, 0.05) is 43.0 Å². The number of amides is 2. The van der Waals surface area contributed by atoms with Gasteiger partial charge < -0.3 is 9.80 Å². The van der Waals surface area contributed by atoms with Crippen LogP contribution in [0, 0.1) is 0 Å². The van der Waals surface area contributed by atoms with Crippen molar-refractivity contribution < 1.29 is 14.8 Å². The number of benzene rings is 2. The van der Waals surface area contributed by atoms with Crippen LogP contribution in [0.25, 0.3) is 6.08 Å². The number of para-hydroxylation sites is 1. The van der Waals surface area contributed by atoms with E-state index in [2.05, 4.69) is 4.90 Å². The number of hydrogen-bond donors (Lipinski definition) is 2. The summed E-state index contributed by atoms with van der Waals surface area (Å²) in [6.07, 6.45) is 2.95. The molecule has 2 aromatic carbocycles. The van der Waals surface area contributed by atoms with Crippen molar-refractivity contribution in [1.82, 2.24) is 10.4 Å². The molecule has 1 unspecified atom stereocenters. The average molecular weight is 414 g/mol. The number of halogens is 1. The summed E-state index contributed by atoms with van der Waals surface area (Å²) in [6.45, 7) is 4.59. The summed E-state index contributed by atoms with van der Waals surface area (Å²) in [5, 5.41) is 9.31. The fourth-order valence-electron chi connectivity index (χ4n) is 3.45. The zero-order valence-electron chi connectivity index (χ0n) is 16.2. The van der Waals surface area contributed by atoms with Crippen LogP contribution in [0.2, 0.25) is 5.02 Å². The van der Waals surface area contributed by atoms with Crippen LogP contribution in [0.5, 0.6) is 0 Å². The van der Waals surface area contributed by atoms with E-state index in [9.17, 15) is 9.59 Å². The van der Waals surface area contributed by atoms with Gasteiger partial charge >= 0.3 is 0 Å². The van der Waals surface area contributed by atoms with Gasteiger partial charge in [0.25, 0.3) is 5.91 Å². The normalized spacial score (nSPS) is 15.4. The van der Waals surface area contributed by atoms with E-state index in [1.54, 1.807) is 23.7 Å². The first-order chi connectivity index (χ1) is 14.0. The fraction of sp³-hybridized carbons (Fsp3) is 0.273. The SMILES string of the molecule is CC(C(=O)N1CCN(c2ccccc2/C=C/C(=O)NO)CC1)c1ccc(Cl)cc1. The largest absolute Gasteiger partial charge is 0.367 e. The monoisotopic (exact) mass is 413 g/mol. The molecular formula is C22H24ClN3O3. The van der Waals surface area contributed by atoms with Crippen molar-refractivity contribution in [1.29, 1.82) is 0 Å². The van der Waals surface area contributed by atoms with E-state index in [0.29, 0.717) is 31.2 Å². The Morgan fingerprint density at radius 3 is 2.38 bits per heavy atom. The van der Waals surface area contributed by atoms with Crippen LogP contribution in [-0.2, 0) is 9.59 Å². The number of anilines is 1. The summed E-state index contributed by atoms with van der Waals surface area (Å²) in [4.78, 5) is 28.3. The van der Waals surface area contributed by atoms with Crippen molar-refractivity contribution in [3.63, 3.8) is 0 Å². The Kier molecular flexibility index (Phi) is 6.90. The van der Waals surface area contributed by atoms with E-state index in [0.717, 1.165) is 16.8 Å². The van der Waals surface area contributed by atoms with Crippen LogP contribution >= 0.6 is 11.6 Å². The topological polar surface area (TPSA) is 72.9 Å². The number of carbonyl (C=O) groups excluding carboxylic acids is 2. The van der Waals surface area contributed by atoms with Gasteiger partial charge in [0.15, 0.2) is 0 Å². The van der Waals surface area contributed by atoms with Crippen molar-refractivity contribution in [2.45, 2.75) is 12.8 Å². The Morgan fingerprint density at radius 2 is 1.72 bits per heavy atom. The zero-order chi connectivity index (χ0) is 20.8. The van der Waals surface area contributed by atoms with Crippen LogP contribution in [0.4, 0.5) is 5.69 Å². The minimum Gasteiger partial charge on any atom is -0.367 e. The molecule has 29 heavy (non-hydrogen) atoms. The average Bonchev–Trinajstić information content (AvgIpc) is 2.77. The zero-order valence-corrected chi connectivity index (χ0v) is 17.0. The maximum Gasteiger partial charge on any atom is 0.267 e. The minimum atomic E-state index is -0.577. The summed E-state index contributed by atoms with van der Waals surface area (Å²) in [5.41, 5.74) is 4.42. The lowest BCUT2D eigenvalue weighted by Gasteiger charge is -2.38. The van der Waals surface area contributed by atoms with Crippen molar-refractivity contribution in [2.75, 3.05) is 31.1 Å². The molecule has 1 fully saturated rings. The lowest BCUT2D eigenvalue weighted by atomic mass is 9.99. The predicted octanol–water partition coefficient (Wildman–Crippen LogP) is 3.31. The second-order valence-corrected chi connectivity index (χ2v) is 7.39. The Labute approximate surface area is 175 Å². The molecule has 7 heteroatoms. The minimum absolute atomic E-state index is 0.111. The van der Waals surface area contributed by atoms with Crippen LogP contribution in [0.15, 0.2) is 54.6 Å². The van der Waals surface area contributed by atoms with Gasteiger partial charge in [0.2, 0.25) is 5.91 Å². The first-order valence-corrected chi connectivity index (χ1v) is 9.88. The molecule has 1 saturated heterocycles. The second kappa shape index (κ2) is 9.58. The molecule has 0 aliphatic carbocycles. The number of carbonyl (C=O) groups is 2. The molecule has 1 aliphatic heterocycles. The molecule has 2 N–H and O–H groups in total. The van der Waals surface area contributed by atoms with Gasteiger partial charge in [0.1, 0.15) is 0 Å². The maximum absolute atomic E-state index is 12.9. The summed E-state index contributed by atoms with van der Waals surface area (Å²) in [5.74, 6) is -0.683. The third kappa shape index (κ3) is 5.16. The summed E-state index contributed by atoms with van der Waals surface area (Å²) in [7, 11) is 0. The number of rotatable bonds is 5. The molecule has 2 amide bonds. The Hall–Kier alpha value is -2.83. The third-order valence-corrected chi connectivity index (χ3v) is 5.39. The number of piperazine rings is 1. The maximum atomic E-state index is 12.9. The highest BCUT2D eigenvalue weighted by Crippen LogP contribution is 2.25. The van der Waals surface area contributed by atoms with E-state index >= 15 is 0 Å². The van der Waals surface area contributed by atoms with Crippen LogP contribution in [0.3, 0.4) is 0 Å². The molecular weight excluding hydrogens is 390 g/mol. The van der Waals surface area contributed by atoms with Gasteiger partial charge in [0.05, 0.1) is 5.92 Å². The molecule has 1 heterocycles. The number of hydrogen-bond acceptors (Lipinski definition) is 4. The van der Waals surface area contributed by atoms with Gasteiger partial charge in [-0.3, -0.25) is 14.8 Å². The Balaban J connectivity index is 1.65. The standard InChI is InChI=1S/C22H24ClN3O3/c1-16(17-6-9-19(23)10-7-17)22(28)26-14-12-25(13-15-26)20-5-3-2-4-18(20)8-11-21(27)24-29/h2-11,16,29H,12-15H2,1H3,(H,24,27)/b11-8+. The van der Waals surface area contributed by atoms with Gasteiger partial charge in [-0.15, -0.1) is 0 Å². The van der Waals surface area contributed by atoms with Gasteiger partial charge in [-0.1, -0.05) is 41.9 Å². The summed E-state index contributed by atoms with van der Waals surface area (Å²) >= 11 is 5.94. The molecule has 0 aromatic heterocycles. The molecule has 1 aliphatic rings. The van der Waals surface area contributed by atoms with Crippen molar-refractivity contribution in [3.05, 3.63) is 70.8 Å². The second-order valence-electron chi connectivity index (χ2n) is 6.95. The molecule has 2 aromatic rings. The van der Waals surface area contributed by atoms with E-state index in [-0.39, 0.29) is 11.8 Å². The van der Waals surface area contributed by atoms with Crippen LogP contribution < -0.4 is 10.4 Å². The third-order valence-electron chi connectivity index (χ3n) is 5.13. The van der Waals surface area contributed by atoms with Crippen molar-refractivity contribution >= 4 is 35.2 Å². The first-order valence-electron chi connectivity index (χ1n) is 9.50. The molecule has 3 rings (SSSR count). The Bertz CT molecular complexity index is 890. The highest BCUT2D eigenvalue weighted by molar-refractivity contribution is 6.30. The van der Waals surface area contributed by atoms with E-state index in [1.807, 2.05) is 48.2 Å². The fourth-order valence-corrected chi connectivity index (χ4v) is 3.58. The van der Waals surface area contributed by atoms with Crippen molar-refractivity contribution in [2.24, 2.45) is 0 Å². The Morgan fingerprint density at radius 1 is 1.07 bits per heavy atom. The molecule has 1 atom stereocenters. The predicted molar refractivity (Wildman–Crippen MR) is 114 cm³/mol. The lowest BCUT2D eigenvalue weighted by molar-refractivity contribution is -0.132. The lowest BCUT2D eigenvalue weighted by Crippen LogP contribution is -2.50. The van der Waals surface area contributed by atoms with Gasteiger partial charge in [-0.05, 0) is 42.3 Å².